The molecule has 30 heavy (non-hydrogen) atoms. The van der Waals surface area contributed by atoms with E-state index in [2.05, 4.69) is 16.3 Å². The Morgan fingerprint density at radius 2 is 1.87 bits per heavy atom. The summed E-state index contributed by atoms with van der Waals surface area (Å²) in [6.45, 7) is 6.00. The lowest BCUT2D eigenvalue weighted by Gasteiger charge is -2.31. The molecular weight excluding hydrogens is 376 g/mol. The van der Waals surface area contributed by atoms with E-state index < -0.39 is 0 Å². The van der Waals surface area contributed by atoms with Crippen LogP contribution in [0.4, 0.5) is 5.82 Å². The highest BCUT2D eigenvalue weighted by Crippen LogP contribution is 2.35. The second-order valence-electron chi connectivity index (χ2n) is 8.61. The Kier molecular flexibility index (Phi) is 7.18. The van der Waals surface area contributed by atoms with E-state index in [-0.39, 0.29) is 5.91 Å². The Labute approximate surface area is 179 Å². The first-order chi connectivity index (χ1) is 14.7. The maximum absolute atomic E-state index is 12.8. The fraction of sp³-hybridized carbons (Fsp3) is 0.583. The number of carbonyl (C=O) groups is 1. The first kappa shape index (κ1) is 21.1. The van der Waals surface area contributed by atoms with E-state index >= 15 is 0 Å². The molecule has 4 rings (SSSR count). The van der Waals surface area contributed by atoms with E-state index in [9.17, 15) is 4.79 Å². The zero-order valence-electron chi connectivity index (χ0n) is 18.1. The van der Waals surface area contributed by atoms with Gasteiger partial charge in [0.05, 0.1) is 17.9 Å². The van der Waals surface area contributed by atoms with Crippen molar-refractivity contribution in [2.24, 2.45) is 5.92 Å². The van der Waals surface area contributed by atoms with Gasteiger partial charge in [-0.2, -0.15) is 5.10 Å². The third kappa shape index (κ3) is 5.29. The van der Waals surface area contributed by atoms with Crippen LogP contribution in [0.1, 0.15) is 57.1 Å². The van der Waals surface area contributed by atoms with Crippen LogP contribution in [0.2, 0.25) is 0 Å². The lowest BCUT2D eigenvalue weighted by molar-refractivity contribution is -0.117. The van der Waals surface area contributed by atoms with Crippen LogP contribution in [-0.4, -0.2) is 53.4 Å². The topological polar surface area (TPSA) is 59.4 Å². The van der Waals surface area contributed by atoms with E-state index in [0.29, 0.717) is 18.4 Å². The van der Waals surface area contributed by atoms with Gasteiger partial charge in [-0.15, -0.1) is 0 Å². The van der Waals surface area contributed by atoms with Crippen LogP contribution in [0.25, 0.3) is 5.69 Å². The average molecular weight is 411 g/mol. The molecule has 1 N–H and O–H groups in total. The Morgan fingerprint density at radius 1 is 1.13 bits per heavy atom. The van der Waals surface area contributed by atoms with Gasteiger partial charge in [0.25, 0.3) is 0 Å². The van der Waals surface area contributed by atoms with Crippen LogP contribution >= 0.6 is 0 Å². The van der Waals surface area contributed by atoms with Crippen LogP contribution in [0.3, 0.4) is 0 Å². The number of nitrogens with zero attached hydrogens (tertiary/aromatic N) is 3. The minimum atomic E-state index is 0.0355. The number of aromatic nitrogens is 2. The molecule has 2 aromatic rings. The predicted molar refractivity (Wildman–Crippen MR) is 119 cm³/mol. The second kappa shape index (κ2) is 10.2. The molecule has 0 bridgehead atoms. The minimum absolute atomic E-state index is 0.0355. The van der Waals surface area contributed by atoms with E-state index in [1.807, 2.05) is 41.9 Å². The standard InChI is InChI=1S/C24H34N4O2/c1-2-30-18-19-12-14-27(15-13-19)17-24(29)25-23-16-22(20-8-6-7-9-20)26-28(23)21-10-4-3-5-11-21/h3-5,10-11,16,19-20H,2,6-9,12-15,17-18H2,1H3,(H,25,29). The minimum Gasteiger partial charge on any atom is -0.381 e. The van der Waals surface area contributed by atoms with Gasteiger partial charge in [0.1, 0.15) is 5.82 Å². The number of para-hydroxylation sites is 1. The van der Waals surface area contributed by atoms with Gasteiger partial charge in [-0.05, 0) is 63.7 Å². The normalized spacial score (nSPS) is 18.7. The third-order valence-electron chi connectivity index (χ3n) is 6.40. The van der Waals surface area contributed by atoms with Crippen molar-refractivity contribution in [3.05, 3.63) is 42.1 Å². The first-order valence-electron chi connectivity index (χ1n) is 11.5. The number of hydrogen-bond acceptors (Lipinski definition) is 4. The summed E-state index contributed by atoms with van der Waals surface area (Å²) in [5, 5.41) is 8.02. The molecule has 162 valence electrons. The quantitative estimate of drug-likeness (QED) is 0.708. The van der Waals surface area contributed by atoms with Crippen molar-refractivity contribution in [1.82, 2.24) is 14.7 Å². The summed E-state index contributed by atoms with van der Waals surface area (Å²) < 4.78 is 7.45. The van der Waals surface area contributed by atoms with Gasteiger partial charge in [0.2, 0.25) is 5.91 Å². The molecule has 1 aliphatic carbocycles. The molecule has 0 unspecified atom stereocenters. The Bertz CT molecular complexity index is 806. The highest BCUT2D eigenvalue weighted by Gasteiger charge is 2.24. The molecule has 2 fully saturated rings. The summed E-state index contributed by atoms with van der Waals surface area (Å²) in [4.78, 5) is 15.1. The molecule has 2 aliphatic rings. The van der Waals surface area contributed by atoms with Gasteiger partial charge in [0, 0.05) is 25.2 Å². The number of anilines is 1. The maximum Gasteiger partial charge on any atom is 0.239 e. The van der Waals surface area contributed by atoms with Crippen molar-refractivity contribution >= 4 is 11.7 Å². The Hall–Kier alpha value is -2.18. The molecule has 2 heterocycles. The van der Waals surface area contributed by atoms with E-state index in [0.717, 1.165) is 56.3 Å². The van der Waals surface area contributed by atoms with Crippen LogP contribution in [-0.2, 0) is 9.53 Å². The summed E-state index contributed by atoms with van der Waals surface area (Å²) in [6, 6.07) is 12.1. The SMILES string of the molecule is CCOCC1CCN(CC(=O)Nc2cc(C3CCCC3)nn2-c2ccccc2)CC1. The van der Waals surface area contributed by atoms with Crippen molar-refractivity contribution in [3.63, 3.8) is 0 Å². The van der Waals surface area contributed by atoms with Gasteiger partial charge < -0.3 is 10.1 Å². The fourth-order valence-electron chi connectivity index (χ4n) is 4.66. The highest BCUT2D eigenvalue weighted by atomic mass is 16.5. The van der Waals surface area contributed by atoms with Crippen LogP contribution in [0, 0.1) is 5.92 Å². The van der Waals surface area contributed by atoms with Gasteiger partial charge in [-0.25, -0.2) is 4.68 Å². The largest absolute Gasteiger partial charge is 0.381 e. The predicted octanol–water partition coefficient (Wildman–Crippen LogP) is 4.22. The number of ether oxygens (including phenoxy) is 1. The monoisotopic (exact) mass is 410 g/mol. The molecule has 1 saturated carbocycles. The fourth-order valence-corrected chi connectivity index (χ4v) is 4.66. The number of rotatable bonds is 8. The number of benzene rings is 1. The van der Waals surface area contributed by atoms with Crippen molar-refractivity contribution in [1.29, 1.82) is 0 Å². The first-order valence-corrected chi connectivity index (χ1v) is 11.5. The van der Waals surface area contributed by atoms with E-state index in [1.165, 1.54) is 25.7 Å². The zero-order valence-corrected chi connectivity index (χ0v) is 18.1. The molecule has 6 nitrogen and oxygen atoms in total. The number of nitrogens with one attached hydrogen (secondary N) is 1. The molecule has 0 atom stereocenters. The summed E-state index contributed by atoms with van der Waals surface area (Å²) in [6.07, 6.45) is 7.11. The van der Waals surface area contributed by atoms with Crippen molar-refractivity contribution < 1.29 is 9.53 Å². The number of carbonyl (C=O) groups excluding carboxylic acids is 1. The van der Waals surface area contributed by atoms with Crippen molar-refractivity contribution in [2.45, 2.75) is 51.4 Å². The Morgan fingerprint density at radius 3 is 2.57 bits per heavy atom. The van der Waals surface area contributed by atoms with Crippen molar-refractivity contribution in [3.8, 4) is 5.69 Å². The zero-order chi connectivity index (χ0) is 20.8. The van der Waals surface area contributed by atoms with Crippen LogP contribution < -0.4 is 5.32 Å². The second-order valence-corrected chi connectivity index (χ2v) is 8.61. The van der Waals surface area contributed by atoms with Gasteiger partial charge in [-0.1, -0.05) is 31.0 Å². The van der Waals surface area contributed by atoms with Gasteiger partial charge in [0.15, 0.2) is 0 Å². The molecule has 1 amide bonds. The van der Waals surface area contributed by atoms with Gasteiger partial charge in [-0.3, -0.25) is 9.69 Å². The lowest BCUT2D eigenvalue weighted by atomic mass is 9.98. The third-order valence-corrected chi connectivity index (χ3v) is 6.40. The summed E-state index contributed by atoms with van der Waals surface area (Å²) in [7, 11) is 0. The van der Waals surface area contributed by atoms with E-state index in [4.69, 9.17) is 9.84 Å². The molecule has 1 aromatic heterocycles. The molecule has 1 aromatic carbocycles. The Balaban J connectivity index is 1.40. The van der Waals surface area contributed by atoms with E-state index in [1.54, 1.807) is 0 Å². The molecule has 6 heteroatoms. The maximum atomic E-state index is 12.8. The average Bonchev–Trinajstić information content (AvgIpc) is 3.44. The molecule has 1 saturated heterocycles. The van der Waals surface area contributed by atoms with Crippen molar-refractivity contribution in [2.75, 3.05) is 38.2 Å². The number of piperidine rings is 1. The highest BCUT2D eigenvalue weighted by molar-refractivity contribution is 5.91. The number of likely N-dealkylation sites (tertiary alicyclic amines) is 1. The lowest BCUT2D eigenvalue weighted by Crippen LogP contribution is -2.40. The molecule has 0 radical (unpaired) electrons. The van der Waals surface area contributed by atoms with Crippen LogP contribution in [0.5, 0.6) is 0 Å². The summed E-state index contributed by atoms with van der Waals surface area (Å²) in [5.74, 6) is 1.94. The van der Waals surface area contributed by atoms with Crippen LogP contribution in [0.15, 0.2) is 36.4 Å². The number of amides is 1. The smallest absolute Gasteiger partial charge is 0.239 e. The van der Waals surface area contributed by atoms with Gasteiger partial charge >= 0.3 is 0 Å². The molecule has 0 spiro atoms. The molecule has 1 aliphatic heterocycles. The number of hydrogen-bond donors (Lipinski definition) is 1. The summed E-state index contributed by atoms with van der Waals surface area (Å²) >= 11 is 0. The molecular formula is C24H34N4O2. The summed E-state index contributed by atoms with van der Waals surface area (Å²) in [5.41, 5.74) is 2.08.